The summed E-state index contributed by atoms with van der Waals surface area (Å²) in [6, 6.07) is 7.32. The van der Waals surface area contributed by atoms with Crippen molar-refractivity contribution in [3.8, 4) is 5.82 Å². The number of pyridine rings is 1. The van der Waals surface area contributed by atoms with Gasteiger partial charge in [-0.25, -0.2) is 23.2 Å². The maximum atomic E-state index is 13.7. The highest BCUT2D eigenvalue weighted by Crippen LogP contribution is 2.17. The molecule has 8 heteroatoms. The predicted molar refractivity (Wildman–Crippen MR) is 91.5 cm³/mol. The molecule has 0 radical (unpaired) electrons. The number of aromatic nitrogens is 3. The van der Waals surface area contributed by atoms with Crippen LogP contribution < -0.4 is 10.6 Å². The topological polar surface area (TPSA) is 71.8 Å². The second kappa shape index (κ2) is 7.73. The summed E-state index contributed by atoms with van der Waals surface area (Å²) in [6.07, 6.45) is 5.03. The SMILES string of the molecule is C[C@@H](NC(=O)NCc1ccnc(-n2cccn2)c1)c1cc(F)ccc1F. The zero-order chi connectivity index (χ0) is 18.5. The number of rotatable bonds is 5. The van der Waals surface area contributed by atoms with Crippen LogP contribution in [-0.2, 0) is 6.54 Å². The summed E-state index contributed by atoms with van der Waals surface area (Å²) in [7, 11) is 0. The molecule has 134 valence electrons. The van der Waals surface area contributed by atoms with E-state index >= 15 is 0 Å². The highest BCUT2D eigenvalue weighted by atomic mass is 19.1. The van der Waals surface area contributed by atoms with Crippen molar-refractivity contribution in [3.63, 3.8) is 0 Å². The third-order valence-electron chi connectivity index (χ3n) is 3.77. The molecule has 0 saturated carbocycles. The van der Waals surface area contributed by atoms with Gasteiger partial charge >= 0.3 is 6.03 Å². The first-order chi connectivity index (χ1) is 12.5. The molecule has 0 aliphatic heterocycles. The van der Waals surface area contributed by atoms with E-state index in [9.17, 15) is 13.6 Å². The van der Waals surface area contributed by atoms with Crippen LogP contribution in [-0.4, -0.2) is 20.8 Å². The molecule has 6 nitrogen and oxygen atoms in total. The third-order valence-corrected chi connectivity index (χ3v) is 3.77. The lowest BCUT2D eigenvalue weighted by Gasteiger charge is -2.16. The number of urea groups is 1. The summed E-state index contributed by atoms with van der Waals surface area (Å²) >= 11 is 0. The Labute approximate surface area is 148 Å². The van der Waals surface area contributed by atoms with Gasteiger partial charge in [0.2, 0.25) is 0 Å². The van der Waals surface area contributed by atoms with Crippen LogP contribution in [0.25, 0.3) is 5.82 Å². The Morgan fingerprint density at radius 1 is 1.23 bits per heavy atom. The molecule has 0 bridgehead atoms. The van der Waals surface area contributed by atoms with Gasteiger partial charge in [0.05, 0.1) is 6.04 Å². The molecule has 2 heterocycles. The fourth-order valence-corrected chi connectivity index (χ4v) is 2.45. The minimum Gasteiger partial charge on any atom is -0.334 e. The van der Waals surface area contributed by atoms with Crippen LogP contribution in [0.2, 0.25) is 0 Å². The Morgan fingerprint density at radius 3 is 2.85 bits per heavy atom. The van der Waals surface area contributed by atoms with Crippen LogP contribution in [0.5, 0.6) is 0 Å². The number of hydrogen-bond donors (Lipinski definition) is 2. The maximum absolute atomic E-state index is 13.7. The van der Waals surface area contributed by atoms with Gasteiger partial charge in [0.15, 0.2) is 5.82 Å². The van der Waals surface area contributed by atoms with Crippen LogP contribution in [0.15, 0.2) is 55.0 Å². The molecule has 3 aromatic rings. The van der Waals surface area contributed by atoms with Crippen LogP contribution in [0.3, 0.4) is 0 Å². The van der Waals surface area contributed by atoms with E-state index in [0.29, 0.717) is 5.82 Å². The number of nitrogens with one attached hydrogen (secondary N) is 2. The molecule has 1 aromatic carbocycles. The predicted octanol–water partition coefficient (Wildman–Crippen LogP) is 3.11. The Bertz CT molecular complexity index is 898. The summed E-state index contributed by atoms with van der Waals surface area (Å²) in [5.41, 5.74) is 0.912. The highest BCUT2D eigenvalue weighted by Gasteiger charge is 2.14. The fourth-order valence-electron chi connectivity index (χ4n) is 2.45. The van der Waals surface area contributed by atoms with Crippen molar-refractivity contribution in [2.24, 2.45) is 0 Å². The van der Waals surface area contributed by atoms with Crippen molar-refractivity contribution in [1.82, 2.24) is 25.4 Å². The Morgan fingerprint density at radius 2 is 2.08 bits per heavy atom. The van der Waals surface area contributed by atoms with Gasteiger partial charge in [0.1, 0.15) is 11.6 Å². The molecule has 0 aliphatic carbocycles. The van der Waals surface area contributed by atoms with Gasteiger partial charge in [-0.05, 0) is 48.9 Å². The first-order valence-electron chi connectivity index (χ1n) is 7.97. The number of halogens is 2. The lowest BCUT2D eigenvalue weighted by Crippen LogP contribution is -2.37. The minimum atomic E-state index is -0.678. The van der Waals surface area contributed by atoms with E-state index in [1.165, 1.54) is 0 Å². The molecule has 2 amide bonds. The number of hydrogen-bond acceptors (Lipinski definition) is 3. The molecule has 0 fully saturated rings. The van der Waals surface area contributed by atoms with Gasteiger partial charge in [0.25, 0.3) is 0 Å². The second-order valence-electron chi connectivity index (χ2n) is 5.69. The van der Waals surface area contributed by atoms with Crippen molar-refractivity contribution in [1.29, 1.82) is 0 Å². The normalized spacial score (nSPS) is 11.8. The average molecular weight is 357 g/mol. The molecular weight excluding hydrogens is 340 g/mol. The molecule has 0 spiro atoms. The molecule has 2 aromatic heterocycles. The van der Waals surface area contributed by atoms with E-state index in [2.05, 4.69) is 20.7 Å². The molecular formula is C18H17F2N5O. The van der Waals surface area contributed by atoms with Crippen molar-refractivity contribution in [3.05, 3.63) is 77.8 Å². The Kier molecular flexibility index (Phi) is 5.21. The highest BCUT2D eigenvalue weighted by molar-refractivity contribution is 5.74. The molecule has 26 heavy (non-hydrogen) atoms. The minimum absolute atomic E-state index is 0.0880. The van der Waals surface area contributed by atoms with Crippen molar-refractivity contribution >= 4 is 6.03 Å². The lowest BCUT2D eigenvalue weighted by atomic mass is 10.1. The second-order valence-corrected chi connectivity index (χ2v) is 5.69. The standard InChI is InChI=1S/C18H17F2N5O/c1-12(15-10-14(19)3-4-16(15)20)24-18(26)22-11-13-5-7-21-17(9-13)25-8-2-6-23-25/h2-10,12H,11H2,1H3,(H2,22,24,26)/t12-/m1/s1. The molecule has 2 N–H and O–H groups in total. The van der Waals surface area contributed by atoms with Gasteiger partial charge in [-0.2, -0.15) is 5.10 Å². The van der Waals surface area contributed by atoms with Crippen LogP contribution in [0, 0.1) is 11.6 Å². The smallest absolute Gasteiger partial charge is 0.315 e. The van der Waals surface area contributed by atoms with Gasteiger partial charge in [-0.15, -0.1) is 0 Å². The molecule has 0 saturated heterocycles. The van der Waals surface area contributed by atoms with Gasteiger partial charge in [-0.3, -0.25) is 0 Å². The average Bonchev–Trinajstić information content (AvgIpc) is 3.17. The zero-order valence-electron chi connectivity index (χ0n) is 14.0. The van der Waals surface area contributed by atoms with Crippen molar-refractivity contribution < 1.29 is 13.6 Å². The van der Waals surface area contributed by atoms with Crippen molar-refractivity contribution in [2.45, 2.75) is 19.5 Å². The van der Waals surface area contributed by atoms with Crippen LogP contribution >= 0.6 is 0 Å². The first kappa shape index (κ1) is 17.5. The van der Waals surface area contributed by atoms with E-state index in [4.69, 9.17) is 0 Å². The van der Waals surface area contributed by atoms with Crippen LogP contribution in [0.1, 0.15) is 24.1 Å². The number of amides is 2. The monoisotopic (exact) mass is 357 g/mol. The summed E-state index contributed by atoms with van der Waals surface area (Å²) in [5, 5.41) is 9.37. The maximum Gasteiger partial charge on any atom is 0.315 e. The number of benzene rings is 1. The van der Waals surface area contributed by atoms with Crippen LogP contribution in [0.4, 0.5) is 13.6 Å². The number of carbonyl (C=O) groups excluding carboxylic acids is 1. The first-order valence-corrected chi connectivity index (χ1v) is 7.97. The Balaban J connectivity index is 1.59. The van der Waals surface area contributed by atoms with E-state index in [0.717, 1.165) is 23.8 Å². The fraction of sp³-hybridized carbons (Fsp3) is 0.167. The van der Waals surface area contributed by atoms with Crippen molar-refractivity contribution in [2.75, 3.05) is 0 Å². The largest absolute Gasteiger partial charge is 0.334 e. The molecule has 3 rings (SSSR count). The number of nitrogens with zero attached hydrogens (tertiary/aromatic N) is 3. The summed E-state index contributed by atoms with van der Waals surface area (Å²) < 4.78 is 28.6. The summed E-state index contributed by atoms with van der Waals surface area (Å²) in [5.74, 6) is -0.500. The van der Waals surface area contributed by atoms with E-state index in [1.54, 1.807) is 48.4 Å². The summed E-state index contributed by atoms with van der Waals surface area (Å²) in [4.78, 5) is 16.2. The zero-order valence-corrected chi connectivity index (χ0v) is 14.0. The molecule has 0 aliphatic rings. The number of carbonyl (C=O) groups is 1. The molecule has 1 atom stereocenters. The van der Waals surface area contributed by atoms with Gasteiger partial charge in [0, 0.05) is 30.7 Å². The lowest BCUT2D eigenvalue weighted by molar-refractivity contribution is 0.237. The van der Waals surface area contributed by atoms with E-state index in [1.807, 2.05) is 0 Å². The summed E-state index contributed by atoms with van der Waals surface area (Å²) in [6.45, 7) is 1.83. The molecule has 0 unspecified atom stereocenters. The van der Waals surface area contributed by atoms with Gasteiger partial charge < -0.3 is 10.6 Å². The third kappa shape index (κ3) is 4.21. The van der Waals surface area contributed by atoms with Gasteiger partial charge in [-0.1, -0.05) is 0 Å². The van der Waals surface area contributed by atoms with E-state index < -0.39 is 23.7 Å². The van der Waals surface area contributed by atoms with E-state index in [-0.39, 0.29) is 12.1 Å². The quantitative estimate of drug-likeness (QED) is 0.737. The Hall–Kier alpha value is -3.29.